The first-order chi connectivity index (χ1) is 12.2. The average molecular weight is 340 g/mol. The summed E-state index contributed by atoms with van der Waals surface area (Å²) >= 11 is 0. The van der Waals surface area contributed by atoms with Crippen LogP contribution in [-0.4, -0.2) is 49.2 Å². The van der Waals surface area contributed by atoms with Crippen molar-refractivity contribution in [1.82, 2.24) is 9.88 Å². The summed E-state index contributed by atoms with van der Waals surface area (Å²) in [4.78, 5) is 18.9. The average Bonchev–Trinajstić information content (AvgIpc) is 2.68. The van der Waals surface area contributed by atoms with Crippen LogP contribution in [0, 0.1) is 0 Å². The van der Waals surface area contributed by atoms with E-state index >= 15 is 0 Å². The lowest BCUT2D eigenvalue weighted by Gasteiger charge is -2.31. The third-order valence-corrected chi connectivity index (χ3v) is 4.69. The lowest BCUT2D eigenvalue weighted by molar-refractivity contribution is 0.0362. The van der Waals surface area contributed by atoms with E-state index in [9.17, 15) is 4.79 Å². The Bertz CT molecular complexity index is 709. The van der Waals surface area contributed by atoms with Gasteiger partial charge in [-0.3, -0.25) is 9.78 Å². The molecule has 0 aliphatic carbocycles. The number of amides is 1. The van der Waals surface area contributed by atoms with Crippen molar-refractivity contribution in [2.75, 3.05) is 27.4 Å². The Morgan fingerprint density at radius 2 is 2.00 bits per heavy atom. The van der Waals surface area contributed by atoms with E-state index in [2.05, 4.69) is 4.98 Å². The van der Waals surface area contributed by atoms with E-state index in [0.717, 1.165) is 43.1 Å². The van der Waals surface area contributed by atoms with Gasteiger partial charge >= 0.3 is 0 Å². The minimum absolute atomic E-state index is 0.0169. The number of pyridine rings is 1. The van der Waals surface area contributed by atoms with Crippen molar-refractivity contribution in [3.63, 3.8) is 0 Å². The van der Waals surface area contributed by atoms with Gasteiger partial charge in [-0.2, -0.15) is 0 Å². The molecule has 132 valence electrons. The Morgan fingerprint density at radius 1 is 1.24 bits per heavy atom. The second-order valence-corrected chi connectivity index (χ2v) is 6.29. The van der Waals surface area contributed by atoms with Crippen LogP contribution in [-0.2, 0) is 11.2 Å². The summed E-state index contributed by atoms with van der Waals surface area (Å²) in [5, 5.41) is 0. The quantitative estimate of drug-likeness (QED) is 0.840. The summed E-state index contributed by atoms with van der Waals surface area (Å²) in [6.45, 7) is 1.44. The molecule has 3 rings (SSSR count). The molecule has 2 aromatic rings. The van der Waals surface area contributed by atoms with Crippen LogP contribution in [0.4, 0.5) is 0 Å². The number of ether oxygens (including phenoxy) is 2. The van der Waals surface area contributed by atoms with Crippen molar-refractivity contribution in [2.45, 2.75) is 25.3 Å². The van der Waals surface area contributed by atoms with Crippen molar-refractivity contribution in [2.24, 2.45) is 0 Å². The molecule has 0 bridgehead atoms. The molecule has 0 unspecified atom stereocenters. The first kappa shape index (κ1) is 17.4. The molecule has 0 saturated carbocycles. The number of nitrogens with zero attached hydrogens (tertiary/aromatic N) is 2. The predicted octanol–water partition coefficient (Wildman–Crippen LogP) is 2.93. The predicted molar refractivity (Wildman–Crippen MR) is 96.0 cm³/mol. The minimum atomic E-state index is 0.0169. The molecule has 1 aliphatic rings. The number of rotatable bonds is 5. The fourth-order valence-electron chi connectivity index (χ4n) is 3.14. The van der Waals surface area contributed by atoms with Crippen molar-refractivity contribution < 1.29 is 14.3 Å². The second kappa shape index (κ2) is 8.12. The lowest BCUT2D eigenvalue weighted by atomic mass is 10.1. The summed E-state index contributed by atoms with van der Waals surface area (Å²) in [6, 6.07) is 11.9. The Balaban J connectivity index is 1.68. The molecule has 1 aliphatic heterocycles. The van der Waals surface area contributed by atoms with Gasteiger partial charge in [-0.25, -0.2) is 0 Å². The monoisotopic (exact) mass is 340 g/mol. The standard InChI is InChI=1S/C20H24N2O3/c1-22(18-9-11-25-12-10-18)20(23)16-7-8-17(21-14-16)13-15-5-3-4-6-19(15)24-2/h3-8,14,18H,9-13H2,1-2H3. The van der Waals surface area contributed by atoms with E-state index in [-0.39, 0.29) is 11.9 Å². The second-order valence-electron chi connectivity index (χ2n) is 6.29. The third kappa shape index (κ3) is 4.17. The number of carbonyl (C=O) groups is 1. The molecule has 0 atom stereocenters. The van der Waals surface area contributed by atoms with Crippen LogP contribution in [0.2, 0.25) is 0 Å². The van der Waals surface area contributed by atoms with Crippen LogP contribution < -0.4 is 4.74 Å². The molecule has 1 aromatic heterocycles. The van der Waals surface area contributed by atoms with Gasteiger partial charge in [-0.15, -0.1) is 0 Å². The number of para-hydroxylation sites is 1. The van der Waals surface area contributed by atoms with E-state index in [0.29, 0.717) is 12.0 Å². The van der Waals surface area contributed by atoms with Gasteiger partial charge in [0.2, 0.25) is 0 Å². The Kier molecular flexibility index (Phi) is 5.66. The number of hydrogen-bond donors (Lipinski definition) is 0. The highest BCUT2D eigenvalue weighted by Crippen LogP contribution is 2.21. The Labute approximate surface area is 148 Å². The zero-order chi connectivity index (χ0) is 17.6. The van der Waals surface area contributed by atoms with Crippen molar-refractivity contribution in [3.8, 4) is 5.75 Å². The SMILES string of the molecule is COc1ccccc1Cc1ccc(C(=O)N(C)C2CCOCC2)cn1. The van der Waals surface area contributed by atoms with Gasteiger partial charge in [-0.1, -0.05) is 18.2 Å². The molecule has 2 heterocycles. The zero-order valence-electron chi connectivity index (χ0n) is 14.8. The number of aromatic nitrogens is 1. The molecular weight excluding hydrogens is 316 g/mol. The third-order valence-electron chi connectivity index (χ3n) is 4.69. The molecule has 5 heteroatoms. The van der Waals surface area contributed by atoms with Crippen LogP contribution in [0.15, 0.2) is 42.6 Å². The van der Waals surface area contributed by atoms with Gasteiger partial charge < -0.3 is 14.4 Å². The van der Waals surface area contributed by atoms with Crippen molar-refractivity contribution in [1.29, 1.82) is 0 Å². The van der Waals surface area contributed by atoms with Crippen molar-refractivity contribution >= 4 is 5.91 Å². The summed E-state index contributed by atoms with van der Waals surface area (Å²) in [5.41, 5.74) is 2.61. The highest BCUT2D eigenvalue weighted by molar-refractivity contribution is 5.94. The summed E-state index contributed by atoms with van der Waals surface area (Å²) in [6.07, 6.45) is 4.13. The van der Waals surface area contributed by atoms with Gasteiger partial charge in [0.1, 0.15) is 5.75 Å². The molecule has 0 radical (unpaired) electrons. The number of carbonyl (C=O) groups excluding carboxylic acids is 1. The van der Waals surface area contributed by atoms with E-state index < -0.39 is 0 Å². The van der Waals surface area contributed by atoms with Gasteiger partial charge in [-0.05, 0) is 31.0 Å². The highest BCUT2D eigenvalue weighted by Gasteiger charge is 2.23. The van der Waals surface area contributed by atoms with E-state index in [4.69, 9.17) is 9.47 Å². The van der Waals surface area contributed by atoms with E-state index in [1.807, 2.05) is 48.3 Å². The van der Waals surface area contributed by atoms with Gasteiger partial charge in [0.25, 0.3) is 5.91 Å². The number of benzene rings is 1. The summed E-state index contributed by atoms with van der Waals surface area (Å²) in [7, 11) is 3.53. The first-order valence-electron chi connectivity index (χ1n) is 8.60. The van der Waals surface area contributed by atoms with Crippen LogP contribution in [0.3, 0.4) is 0 Å². The fraction of sp³-hybridized carbons (Fsp3) is 0.400. The highest BCUT2D eigenvalue weighted by atomic mass is 16.5. The number of hydrogen-bond acceptors (Lipinski definition) is 4. The Morgan fingerprint density at radius 3 is 2.68 bits per heavy atom. The van der Waals surface area contributed by atoms with Crippen LogP contribution in [0.5, 0.6) is 5.75 Å². The molecule has 1 aromatic carbocycles. The molecule has 0 spiro atoms. The van der Waals surface area contributed by atoms with Gasteiger partial charge in [0.05, 0.1) is 12.7 Å². The number of methoxy groups -OCH3 is 1. The maximum atomic E-state index is 12.6. The molecule has 1 amide bonds. The van der Waals surface area contributed by atoms with Crippen LogP contribution >= 0.6 is 0 Å². The summed E-state index contributed by atoms with van der Waals surface area (Å²) in [5.74, 6) is 0.868. The zero-order valence-corrected chi connectivity index (χ0v) is 14.8. The maximum absolute atomic E-state index is 12.6. The molecule has 25 heavy (non-hydrogen) atoms. The van der Waals surface area contributed by atoms with Crippen LogP contribution in [0.1, 0.15) is 34.5 Å². The van der Waals surface area contributed by atoms with Gasteiger partial charge in [0, 0.05) is 50.2 Å². The lowest BCUT2D eigenvalue weighted by Crippen LogP contribution is -2.40. The topological polar surface area (TPSA) is 51.7 Å². The van der Waals surface area contributed by atoms with Crippen molar-refractivity contribution in [3.05, 3.63) is 59.4 Å². The summed E-state index contributed by atoms with van der Waals surface area (Å²) < 4.78 is 10.7. The van der Waals surface area contributed by atoms with Crippen LogP contribution in [0.25, 0.3) is 0 Å². The molecule has 1 saturated heterocycles. The first-order valence-corrected chi connectivity index (χ1v) is 8.60. The van der Waals surface area contributed by atoms with E-state index in [1.54, 1.807) is 13.3 Å². The maximum Gasteiger partial charge on any atom is 0.255 e. The molecular formula is C20H24N2O3. The smallest absolute Gasteiger partial charge is 0.255 e. The largest absolute Gasteiger partial charge is 0.496 e. The Hall–Kier alpha value is -2.40. The normalized spacial score (nSPS) is 15.0. The van der Waals surface area contributed by atoms with E-state index in [1.165, 1.54) is 0 Å². The van der Waals surface area contributed by atoms with Gasteiger partial charge in [0.15, 0.2) is 0 Å². The molecule has 5 nitrogen and oxygen atoms in total. The molecule has 0 N–H and O–H groups in total. The molecule has 1 fully saturated rings. The fourth-order valence-corrected chi connectivity index (χ4v) is 3.14. The minimum Gasteiger partial charge on any atom is -0.496 e.